The molecule has 1 unspecified atom stereocenters. The van der Waals surface area contributed by atoms with Crippen LogP contribution in [-0.4, -0.2) is 0 Å². The summed E-state index contributed by atoms with van der Waals surface area (Å²) in [7, 11) is 0. The Labute approximate surface area is 97.5 Å². The highest BCUT2D eigenvalue weighted by atomic mass is 14.2. The van der Waals surface area contributed by atoms with E-state index in [0.717, 1.165) is 5.92 Å². The van der Waals surface area contributed by atoms with E-state index in [-0.39, 0.29) is 0 Å². The Bertz CT molecular complexity index is 184. The molecule has 0 aromatic rings. The van der Waals surface area contributed by atoms with Crippen LogP contribution in [0.15, 0.2) is 23.3 Å². The average molecular weight is 210 g/mol. The molecule has 1 atom stereocenters. The zero-order valence-corrected chi connectivity index (χ0v) is 11.9. The van der Waals surface area contributed by atoms with E-state index in [1.165, 1.54) is 19.3 Å². The minimum Gasteiger partial charge on any atom is -0.0874 e. The molecule has 0 aromatic carbocycles. The van der Waals surface area contributed by atoms with E-state index in [4.69, 9.17) is 0 Å². The molecule has 0 saturated heterocycles. The third kappa shape index (κ3) is 6.54. The smallest absolute Gasteiger partial charge is 0.0191 e. The number of hydrogen-bond donors (Lipinski definition) is 0. The Morgan fingerprint density at radius 2 is 1.67 bits per heavy atom. The second-order valence-corrected chi connectivity index (χ2v) is 3.53. The lowest BCUT2D eigenvalue weighted by Crippen LogP contribution is -2.05. The maximum atomic E-state index is 2.33. The third-order valence-corrected chi connectivity index (χ3v) is 2.56. The predicted octanol–water partition coefficient (Wildman–Crippen LogP) is 5.75. The van der Waals surface area contributed by atoms with Gasteiger partial charge in [0.1, 0.15) is 0 Å². The van der Waals surface area contributed by atoms with Crippen LogP contribution in [0.5, 0.6) is 0 Å². The van der Waals surface area contributed by atoms with E-state index < -0.39 is 0 Å². The van der Waals surface area contributed by atoms with Crippen LogP contribution < -0.4 is 0 Å². The molecule has 15 heavy (non-hydrogen) atoms. The lowest BCUT2D eigenvalue weighted by atomic mass is 9.84. The topological polar surface area (TPSA) is 0 Å². The molecule has 1 rings (SSSR count). The van der Waals surface area contributed by atoms with Gasteiger partial charge in [0.25, 0.3) is 0 Å². The van der Waals surface area contributed by atoms with E-state index in [1.54, 1.807) is 11.1 Å². The van der Waals surface area contributed by atoms with Crippen molar-refractivity contribution in [1.29, 1.82) is 0 Å². The van der Waals surface area contributed by atoms with Crippen LogP contribution in [-0.2, 0) is 0 Å². The van der Waals surface area contributed by atoms with Crippen molar-refractivity contribution in [1.82, 2.24) is 0 Å². The van der Waals surface area contributed by atoms with Crippen molar-refractivity contribution in [3.05, 3.63) is 23.3 Å². The van der Waals surface area contributed by atoms with Crippen LogP contribution in [0, 0.1) is 5.92 Å². The summed E-state index contributed by atoms with van der Waals surface area (Å²) in [6.45, 7) is 14.7. The van der Waals surface area contributed by atoms with Crippen LogP contribution in [0.3, 0.4) is 0 Å². The maximum Gasteiger partial charge on any atom is -0.0191 e. The van der Waals surface area contributed by atoms with Gasteiger partial charge in [-0.15, -0.1) is 0 Å². The summed E-state index contributed by atoms with van der Waals surface area (Å²) < 4.78 is 0. The molecule has 0 aliphatic heterocycles. The summed E-state index contributed by atoms with van der Waals surface area (Å²) in [6.07, 6.45) is 8.49. The van der Waals surface area contributed by atoms with Crippen LogP contribution in [0.4, 0.5) is 0 Å². The van der Waals surface area contributed by atoms with Gasteiger partial charge in [0.05, 0.1) is 0 Å². The maximum absolute atomic E-state index is 2.33. The van der Waals surface area contributed by atoms with Crippen molar-refractivity contribution in [3.63, 3.8) is 0 Å². The SMILES string of the molecule is C/C=C\C1=C(C)CCCC1C.CC.CC. The fourth-order valence-electron chi connectivity index (χ4n) is 1.88. The van der Waals surface area contributed by atoms with Gasteiger partial charge in [-0.1, -0.05) is 52.3 Å². The first-order valence-electron chi connectivity index (χ1n) is 6.58. The van der Waals surface area contributed by atoms with Crippen molar-refractivity contribution >= 4 is 0 Å². The quantitative estimate of drug-likeness (QED) is 0.517. The Kier molecular flexibility index (Phi) is 13.0. The van der Waals surface area contributed by atoms with Gasteiger partial charge in [-0.3, -0.25) is 0 Å². The molecular formula is C15H30. The highest BCUT2D eigenvalue weighted by Gasteiger charge is 2.13. The molecule has 0 amide bonds. The lowest BCUT2D eigenvalue weighted by Gasteiger charge is -2.21. The minimum atomic E-state index is 0.792. The molecule has 1 aliphatic carbocycles. The third-order valence-electron chi connectivity index (χ3n) is 2.56. The molecule has 0 fully saturated rings. The average Bonchev–Trinajstić information content (AvgIpc) is 2.29. The molecule has 0 heteroatoms. The molecular weight excluding hydrogens is 180 g/mol. The summed E-state index contributed by atoms with van der Waals surface area (Å²) in [5.74, 6) is 0.792. The summed E-state index contributed by atoms with van der Waals surface area (Å²) in [6, 6.07) is 0. The molecule has 0 aromatic heterocycles. The van der Waals surface area contributed by atoms with E-state index in [0.29, 0.717) is 0 Å². The van der Waals surface area contributed by atoms with E-state index in [1.807, 2.05) is 27.7 Å². The summed E-state index contributed by atoms with van der Waals surface area (Å²) >= 11 is 0. The first-order valence-corrected chi connectivity index (χ1v) is 6.58. The van der Waals surface area contributed by atoms with Gasteiger partial charge in [-0.05, 0) is 44.6 Å². The first-order chi connectivity index (χ1) is 7.25. The van der Waals surface area contributed by atoms with Gasteiger partial charge in [0.2, 0.25) is 0 Å². The highest BCUT2D eigenvalue weighted by molar-refractivity contribution is 5.28. The standard InChI is InChI=1S/C11H18.2C2H6/c1-4-6-11-9(2)7-5-8-10(11)3;2*1-2/h4,6,9H,5,7-8H2,1-3H3;2*1-2H3/b6-4-;;. The van der Waals surface area contributed by atoms with Crippen molar-refractivity contribution < 1.29 is 0 Å². The van der Waals surface area contributed by atoms with Gasteiger partial charge in [-0.2, -0.15) is 0 Å². The van der Waals surface area contributed by atoms with Crippen molar-refractivity contribution in [2.24, 2.45) is 5.92 Å². The van der Waals surface area contributed by atoms with Crippen LogP contribution in [0.1, 0.15) is 67.7 Å². The Balaban J connectivity index is 0. The molecule has 0 heterocycles. The van der Waals surface area contributed by atoms with Crippen LogP contribution in [0.25, 0.3) is 0 Å². The first kappa shape index (κ1) is 16.9. The van der Waals surface area contributed by atoms with Crippen molar-refractivity contribution in [3.8, 4) is 0 Å². The van der Waals surface area contributed by atoms with Crippen LogP contribution in [0.2, 0.25) is 0 Å². The molecule has 1 aliphatic rings. The fourth-order valence-corrected chi connectivity index (χ4v) is 1.88. The van der Waals surface area contributed by atoms with E-state index in [9.17, 15) is 0 Å². The molecule has 0 N–H and O–H groups in total. The van der Waals surface area contributed by atoms with Gasteiger partial charge in [0, 0.05) is 0 Å². The largest absolute Gasteiger partial charge is 0.0874 e. The van der Waals surface area contributed by atoms with Gasteiger partial charge < -0.3 is 0 Å². The summed E-state index contributed by atoms with van der Waals surface area (Å²) in [5, 5.41) is 0. The molecule has 0 saturated carbocycles. The molecule has 0 nitrogen and oxygen atoms in total. The summed E-state index contributed by atoms with van der Waals surface area (Å²) in [5.41, 5.74) is 3.18. The van der Waals surface area contributed by atoms with E-state index >= 15 is 0 Å². The minimum absolute atomic E-state index is 0.792. The second-order valence-electron chi connectivity index (χ2n) is 3.53. The van der Waals surface area contributed by atoms with Crippen molar-refractivity contribution in [2.75, 3.05) is 0 Å². The van der Waals surface area contributed by atoms with E-state index in [2.05, 4.69) is 32.9 Å². The predicted molar refractivity (Wildman–Crippen MR) is 73.2 cm³/mol. The lowest BCUT2D eigenvalue weighted by molar-refractivity contribution is 0.546. The molecule has 0 bridgehead atoms. The molecule has 90 valence electrons. The van der Waals surface area contributed by atoms with Gasteiger partial charge in [-0.25, -0.2) is 0 Å². The zero-order valence-electron chi connectivity index (χ0n) is 11.9. The number of allylic oxidation sites excluding steroid dienone is 4. The summed E-state index contributed by atoms with van der Waals surface area (Å²) in [4.78, 5) is 0. The monoisotopic (exact) mass is 210 g/mol. The zero-order chi connectivity index (χ0) is 12.3. The Hall–Kier alpha value is -0.520. The fraction of sp³-hybridized carbons (Fsp3) is 0.733. The Morgan fingerprint density at radius 1 is 1.13 bits per heavy atom. The number of rotatable bonds is 1. The van der Waals surface area contributed by atoms with Gasteiger partial charge in [0.15, 0.2) is 0 Å². The highest BCUT2D eigenvalue weighted by Crippen LogP contribution is 2.30. The normalized spacial score (nSPS) is 20.3. The van der Waals surface area contributed by atoms with Gasteiger partial charge >= 0.3 is 0 Å². The van der Waals surface area contributed by atoms with Crippen molar-refractivity contribution in [2.45, 2.75) is 67.7 Å². The Morgan fingerprint density at radius 3 is 2.07 bits per heavy atom. The second kappa shape index (κ2) is 11.6. The number of hydrogen-bond acceptors (Lipinski definition) is 0. The van der Waals surface area contributed by atoms with Crippen LogP contribution >= 0.6 is 0 Å². The molecule has 0 radical (unpaired) electrons. The molecule has 0 spiro atoms.